The molecular weight excluding hydrogens is 576 g/mol. The lowest BCUT2D eigenvalue weighted by Crippen LogP contribution is -2.48. The highest BCUT2D eigenvalue weighted by Gasteiger charge is 2.40. The smallest absolute Gasteiger partial charge is 0.410 e. The maximum absolute atomic E-state index is 15.4. The second-order valence-corrected chi connectivity index (χ2v) is 13.0. The van der Waals surface area contributed by atoms with Gasteiger partial charge in [0.15, 0.2) is 11.6 Å². The number of likely N-dealkylation sites (tertiary alicyclic amines) is 1. The van der Waals surface area contributed by atoms with Crippen molar-refractivity contribution < 1.29 is 37.4 Å². The quantitative estimate of drug-likeness (QED) is 0.271. The summed E-state index contributed by atoms with van der Waals surface area (Å²) in [5.41, 5.74) is -2.84. The van der Waals surface area contributed by atoms with Crippen molar-refractivity contribution in [3.63, 3.8) is 0 Å². The summed E-state index contributed by atoms with van der Waals surface area (Å²) in [6, 6.07) is -0.579. The van der Waals surface area contributed by atoms with Gasteiger partial charge in [-0.15, -0.1) is 0 Å². The maximum Gasteiger partial charge on any atom is 0.410 e. The number of aromatic nitrogens is 1. The van der Waals surface area contributed by atoms with Crippen molar-refractivity contribution in [2.75, 3.05) is 13.2 Å². The summed E-state index contributed by atoms with van der Waals surface area (Å²) in [7, 11) is 0. The first kappa shape index (κ1) is 32.8. The van der Waals surface area contributed by atoms with Gasteiger partial charge in [0.05, 0.1) is 35.2 Å². The van der Waals surface area contributed by atoms with E-state index in [0.29, 0.717) is 6.42 Å². The Hall–Kier alpha value is -4.14. The van der Waals surface area contributed by atoms with E-state index in [1.54, 1.807) is 53.0 Å². The molecule has 0 radical (unpaired) electrons. The highest BCUT2D eigenvalue weighted by Crippen LogP contribution is 2.38. The number of halogens is 2. The molecule has 2 aliphatic rings. The zero-order valence-corrected chi connectivity index (χ0v) is 26.1. The Kier molecular flexibility index (Phi) is 9.28. The molecule has 0 unspecified atom stereocenters. The number of hydrogen-bond acceptors (Lipinski definition) is 7. The maximum atomic E-state index is 15.4. The number of pyridine rings is 1. The van der Waals surface area contributed by atoms with E-state index in [4.69, 9.17) is 14.2 Å². The van der Waals surface area contributed by atoms with Crippen molar-refractivity contribution in [2.24, 2.45) is 0 Å². The Labute approximate surface area is 255 Å². The molecule has 12 heteroatoms. The summed E-state index contributed by atoms with van der Waals surface area (Å²) in [6.07, 6.45) is 1.85. The molecule has 2 heterocycles. The number of rotatable bonds is 5. The molecule has 1 N–H and O–H groups in total. The number of ether oxygens (including phenoxy) is 3. The molecule has 1 saturated carbocycles. The average Bonchev–Trinajstić information content (AvgIpc) is 3.66. The third kappa shape index (κ3) is 7.49. The lowest BCUT2D eigenvalue weighted by atomic mass is 10.0. The van der Waals surface area contributed by atoms with Crippen LogP contribution in [-0.4, -0.2) is 64.1 Å². The molecule has 238 valence electrons. The van der Waals surface area contributed by atoms with Crippen LogP contribution in [-0.2, 0) is 14.2 Å². The SMILES string of the molecule is CCOC(=O)c1cn(C2CC2)c2c(C#CC[C@@H]3[C@@H](NC(=O)OC(C)(C)C)CCN3C(=O)OC(C)(C)C)c(F)c(F)cc2c1=O. The van der Waals surface area contributed by atoms with E-state index in [1.807, 2.05) is 0 Å². The van der Waals surface area contributed by atoms with Gasteiger partial charge < -0.3 is 29.0 Å². The number of carbonyl (C=O) groups excluding carboxylic acids is 3. The largest absolute Gasteiger partial charge is 0.462 e. The topological polar surface area (TPSA) is 116 Å². The van der Waals surface area contributed by atoms with Crippen LogP contribution in [0.3, 0.4) is 0 Å². The van der Waals surface area contributed by atoms with Crippen molar-refractivity contribution in [2.45, 2.75) is 103 Å². The number of nitrogens with one attached hydrogen (secondary N) is 1. The standard InChI is InChI=1S/C32H39F2N3O7/c1-8-42-28(39)21-17-37(18-12-13-18)26-19(25(34)22(33)16-20(26)27(21)38)10-9-11-24-23(35-29(40)43-31(2,3)4)14-15-36(24)30(41)44-32(5,6)7/h16-18,23-24H,8,11-15H2,1-7H3,(H,35,40)/t23-,24+/m0/s1. The fraction of sp³-hybridized carbons (Fsp3) is 0.562. The van der Waals surface area contributed by atoms with Gasteiger partial charge in [-0.1, -0.05) is 11.8 Å². The number of alkyl carbamates (subject to hydrolysis) is 1. The molecule has 2 atom stereocenters. The minimum Gasteiger partial charge on any atom is -0.462 e. The summed E-state index contributed by atoms with van der Waals surface area (Å²) in [5, 5.41) is 2.61. The van der Waals surface area contributed by atoms with Crippen molar-refractivity contribution in [1.29, 1.82) is 0 Å². The van der Waals surface area contributed by atoms with Crippen molar-refractivity contribution >= 4 is 29.1 Å². The van der Waals surface area contributed by atoms with E-state index in [9.17, 15) is 23.6 Å². The number of nitrogens with zero attached hydrogens (tertiary/aromatic N) is 2. The predicted molar refractivity (Wildman–Crippen MR) is 158 cm³/mol. The predicted octanol–water partition coefficient (Wildman–Crippen LogP) is 5.44. The summed E-state index contributed by atoms with van der Waals surface area (Å²) < 4.78 is 47.8. The molecule has 4 rings (SSSR count). The average molecular weight is 616 g/mol. The van der Waals surface area contributed by atoms with E-state index in [2.05, 4.69) is 17.2 Å². The van der Waals surface area contributed by atoms with Gasteiger partial charge in [-0.05, 0) is 73.8 Å². The van der Waals surface area contributed by atoms with Crippen LogP contribution < -0.4 is 10.7 Å². The van der Waals surface area contributed by atoms with Crippen LogP contribution in [0.15, 0.2) is 17.1 Å². The Balaban J connectivity index is 1.75. The molecule has 44 heavy (non-hydrogen) atoms. The second kappa shape index (κ2) is 12.5. The van der Waals surface area contributed by atoms with Crippen molar-refractivity contribution in [1.82, 2.24) is 14.8 Å². The highest BCUT2D eigenvalue weighted by atomic mass is 19.2. The Morgan fingerprint density at radius 1 is 1.05 bits per heavy atom. The fourth-order valence-corrected chi connectivity index (χ4v) is 5.10. The molecular formula is C32H39F2N3O7. The fourth-order valence-electron chi connectivity index (χ4n) is 5.10. The molecule has 2 aromatic rings. The van der Waals surface area contributed by atoms with Gasteiger partial charge in [-0.3, -0.25) is 4.79 Å². The molecule has 1 aliphatic carbocycles. The van der Waals surface area contributed by atoms with Crippen LogP contribution in [0.25, 0.3) is 10.9 Å². The van der Waals surface area contributed by atoms with Gasteiger partial charge >= 0.3 is 18.2 Å². The number of carbonyl (C=O) groups is 3. The molecule has 1 aromatic carbocycles. The van der Waals surface area contributed by atoms with E-state index in [1.165, 1.54) is 11.1 Å². The molecule has 1 saturated heterocycles. The van der Waals surface area contributed by atoms with E-state index >= 15 is 4.39 Å². The van der Waals surface area contributed by atoms with Crippen LogP contribution in [0, 0.1) is 23.5 Å². The first-order chi connectivity index (χ1) is 20.5. The summed E-state index contributed by atoms with van der Waals surface area (Å²) in [5.74, 6) is 2.19. The molecule has 1 aromatic heterocycles. The van der Waals surface area contributed by atoms with Crippen LogP contribution >= 0.6 is 0 Å². The van der Waals surface area contributed by atoms with Crippen LogP contribution in [0.1, 0.15) is 96.1 Å². The molecule has 0 bridgehead atoms. The Morgan fingerprint density at radius 3 is 2.30 bits per heavy atom. The number of esters is 1. The monoisotopic (exact) mass is 615 g/mol. The Bertz CT molecular complexity index is 1590. The van der Waals surface area contributed by atoms with Crippen molar-refractivity contribution in [3.8, 4) is 11.8 Å². The minimum absolute atomic E-state index is 0.0360. The number of amides is 2. The molecule has 2 amide bonds. The Morgan fingerprint density at radius 2 is 1.70 bits per heavy atom. The zero-order valence-electron chi connectivity index (χ0n) is 26.1. The van der Waals surface area contributed by atoms with Gasteiger partial charge in [0.1, 0.15) is 16.8 Å². The first-order valence-corrected chi connectivity index (χ1v) is 14.7. The second-order valence-electron chi connectivity index (χ2n) is 13.0. The van der Waals surface area contributed by atoms with Gasteiger partial charge in [0, 0.05) is 25.2 Å². The molecule has 1 aliphatic heterocycles. The minimum atomic E-state index is -1.29. The van der Waals surface area contributed by atoms with Gasteiger partial charge in [0.25, 0.3) is 0 Å². The zero-order chi connectivity index (χ0) is 32.6. The van der Waals surface area contributed by atoms with E-state index in [-0.39, 0.29) is 47.6 Å². The molecule has 2 fully saturated rings. The summed E-state index contributed by atoms with van der Waals surface area (Å²) >= 11 is 0. The van der Waals surface area contributed by atoms with E-state index in [0.717, 1.165) is 18.9 Å². The third-order valence-corrected chi connectivity index (χ3v) is 7.04. The normalized spacial score (nSPS) is 18.4. The summed E-state index contributed by atoms with van der Waals surface area (Å²) in [4.78, 5) is 52.9. The first-order valence-electron chi connectivity index (χ1n) is 14.7. The highest BCUT2D eigenvalue weighted by molar-refractivity contribution is 5.95. The van der Waals surface area contributed by atoms with Gasteiger partial charge in [0.2, 0.25) is 5.43 Å². The molecule has 0 spiro atoms. The van der Waals surface area contributed by atoms with Crippen molar-refractivity contribution in [3.05, 3.63) is 45.2 Å². The van der Waals surface area contributed by atoms with Gasteiger partial charge in [-0.2, -0.15) is 0 Å². The number of fused-ring (bicyclic) bond motifs is 1. The van der Waals surface area contributed by atoms with Gasteiger partial charge in [-0.25, -0.2) is 23.2 Å². The lowest BCUT2D eigenvalue weighted by Gasteiger charge is -2.30. The summed E-state index contributed by atoms with van der Waals surface area (Å²) in [6.45, 7) is 12.3. The van der Waals surface area contributed by atoms with Crippen LogP contribution in [0.4, 0.5) is 18.4 Å². The number of benzene rings is 1. The molecule has 10 nitrogen and oxygen atoms in total. The van der Waals surface area contributed by atoms with Crippen LogP contribution in [0.5, 0.6) is 0 Å². The number of hydrogen-bond donors (Lipinski definition) is 1. The third-order valence-electron chi connectivity index (χ3n) is 7.04. The van der Waals surface area contributed by atoms with E-state index < -0.39 is 58.5 Å². The lowest BCUT2D eigenvalue weighted by molar-refractivity contribution is 0.0206. The van der Waals surface area contributed by atoms with Crippen LogP contribution in [0.2, 0.25) is 0 Å².